The number of halogens is 1. The summed E-state index contributed by atoms with van der Waals surface area (Å²) in [6.07, 6.45) is 4.60. The van der Waals surface area contributed by atoms with E-state index in [0.29, 0.717) is 52.7 Å². The SMILES string of the molecule is C=CC(=O)Nc1cc(Nc2ncc(Cl)c(-c3c[nH]c4ccccc34)n2)c(OC)cc1OCCN(C)C. The third-order valence-corrected chi connectivity index (χ3v) is 5.65. The number of carbonyl (C=O) groups excluding carboxylic acids is 1. The maximum absolute atomic E-state index is 12.1. The summed E-state index contributed by atoms with van der Waals surface area (Å²) in [5, 5.41) is 7.37. The van der Waals surface area contributed by atoms with Gasteiger partial charge in [-0.3, -0.25) is 4.79 Å². The third kappa shape index (κ3) is 5.59. The fourth-order valence-electron chi connectivity index (χ4n) is 3.57. The van der Waals surface area contributed by atoms with Crippen molar-refractivity contribution >= 4 is 45.7 Å². The molecule has 10 heteroatoms. The Morgan fingerprint density at radius 1 is 1.22 bits per heavy atom. The lowest BCUT2D eigenvalue weighted by Gasteiger charge is -2.18. The lowest BCUT2D eigenvalue weighted by atomic mass is 10.1. The van der Waals surface area contributed by atoms with Crippen LogP contribution in [0.2, 0.25) is 5.02 Å². The highest BCUT2D eigenvalue weighted by atomic mass is 35.5. The number of rotatable bonds is 10. The second-order valence-electron chi connectivity index (χ2n) is 8.16. The molecule has 0 radical (unpaired) electrons. The average molecular weight is 507 g/mol. The second kappa shape index (κ2) is 11.1. The first-order chi connectivity index (χ1) is 17.4. The number of likely N-dealkylation sites (N-methyl/N-ethyl adjacent to an activating group) is 1. The van der Waals surface area contributed by atoms with Gasteiger partial charge >= 0.3 is 0 Å². The van der Waals surface area contributed by atoms with Crippen molar-refractivity contribution in [2.45, 2.75) is 0 Å². The van der Waals surface area contributed by atoms with Gasteiger partial charge in [0.05, 0.1) is 35.4 Å². The van der Waals surface area contributed by atoms with E-state index in [2.05, 4.69) is 32.2 Å². The van der Waals surface area contributed by atoms with E-state index >= 15 is 0 Å². The largest absolute Gasteiger partial charge is 0.494 e. The first kappa shape index (κ1) is 25.0. The number of hydrogen-bond donors (Lipinski definition) is 3. The number of nitrogens with zero attached hydrogens (tertiary/aromatic N) is 3. The molecule has 0 aliphatic heterocycles. The Balaban J connectivity index is 1.69. The summed E-state index contributed by atoms with van der Waals surface area (Å²) in [5.41, 5.74) is 3.40. The lowest BCUT2D eigenvalue weighted by molar-refractivity contribution is -0.111. The Kier molecular flexibility index (Phi) is 7.72. The zero-order valence-corrected chi connectivity index (χ0v) is 21.0. The van der Waals surface area contributed by atoms with Gasteiger partial charge in [-0.25, -0.2) is 9.97 Å². The van der Waals surface area contributed by atoms with E-state index in [9.17, 15) is 4.79 Å². The molecular weight excluding hydrogens is 480 g/mol. The Labute approximate surface area is 214 Å². The third-order valence-electron chi connectivity index (χ3n) is 5.38. The number of ether oxygens (including phenoxy) is 2. The highest BCUT2D eigenvalue weighted by Gasteiger charge is 2.17. The van der Waals surface area contributed by atoms with Gasteiger partial charge in [-0.15, -0.1) is 0 Å². The maximum atomic E-state index is 12.1. The molecule has 4 rings (SSSR count). The standard InChI is InChI=1S/C26H27ClN6O3/c1-5-24(34)30-21-12-20(22(35-4)13-23(21)36-11-10-33(2)3)31-26-29-15-18(27)25(32-26)17-14-28-19-9-7-6-8-16(17)19/h5-9,12-15,28H,1,10-11H2,2-4H3,(H,30,34)(H,29,31,32). The molecule has 0 aliphatic rings. The second-order valence-corrected chi connectivity index (χ2v) is 8.56. The monoisotopic (exact) mass is 506 g/mol. The molecule has 0 unspecified atom stereocenters. The molecule has 9 nitrogen and oxygen atoms in total. The summed E-state index contributed by atoms with van der Waals surface area (Å²) in [6, 6.07) is 11.3. The number of benzene rings is 2. The van der Waals surface area contributed by atoms with Gasteiger partial charge in [-0.05, 0) is 32.3 Å². The summed E-state index contributed by atoms with van der Waals surface area (Å²) in [4.78, 5) is 26.3. The Morgan fingerprint density at radius 2 is 2.03 bits per heavy atom. The molecule has 0 atom stereocenters. The summed E-state index contributed by atoms with van der Waals surface area (Å²) in [5.74, 6) is 0.887. The molecule has 2 aromatic carbocycles. The fourth-order valence-corrected chi connectivity index (χ4v) is 3.76. The zero-order chi connectivity index (χ0) is 25.7. The van der Waals surface area contributed by atoms with E-state index in [1.54, 1.807) is 25.4 Å². The van der Waals surface area contributed by atoms with Gasteiger partial charge < -0.3 is 30.0 Å². The number of amides is 1. The van der Waals surface area contributed by atoms with E-state index in [-0.39, 0.29) is 5.91 Å². The van der Waals surface area contributed by atoms with Crippen LogP contribution in [0.3, 0.4) is 0 Å². The average Bonchev–Trinajstić information content (AvgIpc) is 3.30. The number of H-pyrrole nitrogens is 1. The lowest BCUT2D eigenvalue weighted by Crippen LogP contribution is -2.20. The minimum Gasteiger partial charge on any atom is -0.494 e. The van der Waals surface area contributed by atoms with Gasteiger partial charge in [0.15, 0.2) is 0 Å². The molecule has 0 spiro atoms. The normalized spacial score (nSPS) is 10.9. The van der Waals surface area contributed by atoms with Gasteiger partial charge in [0, 0.05) is 35.3 Å². The molecule has 2 aromatic heterocycles. The molecule has 0 aliphatic carbocycles. The van der Waals surface area contributed by atoms with Gasteiger partial charge in [-0.1, -0.05) is 36.4 Å². The molecule has 186 valence electrons. The number of nitrogens with one attached hydrogen (secondary N) is 3. The van der Waals surface area contributed by atoms with Crippen molar-refractivity contribution in [2.75, 3.05) is 45.0 Å². The van der Waals surface area contributed by atoms with Crippen molar-refractivity contribution in [2.24, 2.45) is 0 Å². The summed E-state index contributed by atoms with van der Waals surface area (Å²) in [6.45, 7) is 4.65. The molecule has 4 aromatic rings. The predicted molar refractivity (Wildman–Crippen MR) is 143 cm³/mol. The van der Waals surface area contributed by atoms with Gasteiger partial charge in [0.25, 0.3) is 0 Å². The van der Waals surface area contributed by atoms with Crippen LogP contribution in [0.1, 0.15) is 0 Å². The fraction of sp³-hybridized carbons (Fsp3) is 0.192. The molecule has 0 bridgehead atoms. The zero-order valence-electron chi connectivity index (χ0n) is 20.3. The van der Waals surface area contributed by atoms with E-state index in [4.69, 9.17) is 21.1 Å². The Bertz CT molecular complexity index is 1400. The molecular formula is C26H27ClN6O3. The van der Waals surface area contributed by atoms with Crippen molar-refractivity contribution in [1.82, 2.24) is 19.9 Å². The van der Waals surface area contributed by atoms with Crippen LogP contribution in [-0.2, 0) is 4.79 Å². The smallest absolute Gasteiger partial charge is 0.247 e. The quantitative estimate of drug-likeness (QED) is 0.257. The van der Waals surface area contributed by atoms with Crippen molar-refractivity contribution < 1.29 is 14.3 Å². The molecule has 0 saturated carbocycles. The Morgan fingerprint density at radius 3 is 2.78 bits per heavy atom. The van der Waals surface area contributed by atoms with Crippen LogP contribution in [0.5, 0.6) is 11.5 Å². The predicted octanol–water partition coefficient (Wildman–Crippen LogP) is 5.10. The van der Waals surface area contributed by atoms with Crippen molar-refractivity contribution in [1.29, 1.82) is 0 Å². The first-order valence-electron chi connectivity index (χ1n) is 11.2. The molecule has 0 saturated heterocycles. The highest BCUT2D eigenvalue weighted by Crippen LogP contribution is 2.38. The van der Waals surface area contributed by atoms with E-state index in [1.165, 1.54) is 6.08 Å². The van der Waals surface area contributed by atoms with Crippen molar-refractivity contribution in [3.63, 3.8) is 0 Å². The molecule has 0 fully saturated rings. The molecule has 36 heavy (non-hydrogen) atoms. The number of aromatic amines is 1. The minimum absolute atomic E-state index is 0.306. The van der Waals surface area contributed by atoms with Crippen LogP contribution in [0.15, 0.2) is 61.4 Å². The van der Waals surface area contributed by atoms with Crippen LogP contribution < -0.4 is 20.1 Å². The Hall–Kier alpha value is -4.08. The van der Waals surface area contributed by atoms with E-state index in [0.717, 1.165) is 16.5 Å². The number of para-hydroxylation sites is 1. The van der Waals surface area contributed by atoms with Crippen LogP contribution in [0.25, 0.3) is 22.2 Å². The number of hydrogen-bond acceptors (Lipinski definition) is 7. The van der Waals surface area contributed by atoms with Crippen LogP contribution >= 0.6 is 11.6 Å². The number of fused-ring (bicyclic) bond motifs is 1. The summed E-state index contributed by atoms with van der Waals surface area (Å²) >= 11 is 6.47. The highest BCUT2D eigenvalue weighted by molar-refractivity contribution is 6.33. The van der Waals surface area contributed by atoms with E-state index in [1.807, 2.05) is 49.5 Å². The maximum Gasteiger partial charge on any atom is 0.247 e. The molecule has 1 amide bonds. The van der Waals surface area contributed by atoms with Crippen molar-refractivity contribution in [3.05, 3.63) is 66.5 Å². The minimum atomic E-state index is -0.368. The van der Waals surface area contributed by atoms with Gasteiger partial charge in [0.1, 0.15) is 18.1 Å². The topological polar surface area (TPSA) is 104 Å². The first-order valence-corrected chi connectivity index (χ1v) is 11.6. The molecule has 3 N–H and O–H groups in total. The number of methoxy groups -OCH3 is 1. The summed E-state index contributed by atoms with van der Waals surface area (Å²) in [7, 11) is 5.45. The number of anilines is 3. The van der Waals surface area contributed by atoms with Crippen LogP contribution in [0.4, 0.5) is 17.3 Å². The number of carbonyl (C=O) groups is 1. The molecule has 2 heterocycles. The van der Waals surface area contributed by atoms with Crippen molar-refractivity contribution in [3.8, 4) is 22.8 Å². The van der Waals surface area contributed by atoms with Crippen LogP contribution in [-0.4, -0.2) is 60.1 Å². The van der Waals surface area contributed by atoms with E-state index < -0.39 is 0 Å². The van der Waals surface area contributed by atoms with Gasteiger partial charge in [0.2, 0.25) is 11.9 Å². The summed E-state index contributed by atoms with van der Waals surface area (Å²) < 4.78 is 11.5. The number of aromatic nitrogens is 3. The van der Waals surface area contributed by atoms with Gasteiger partial charge in [-0.2, -0.15) is 0 Å². The van der Waals surface area contributed by atoms with Crippen LogP contribution in [0, 0.1) is 0 Å².